The minimum atomic E-state index is -3.74. The number of carbonyl (C=O) groups is 1. The topological polar surface area (TPSA) is 105 Å². The highest BCUT2D eigenvalue weighted by atomic mass is 32.2. The Morgan fingerprint density at radius 3 is 2.82 bits per heavy atom. The van der Waals surface area contributed by atoms with E-state index in [-0.39, 0.29) is 10.0 Å². The first-order valence-corrected chi connectivity index (χ1v) is 8.81. The number of benzene rings is 1. The van der Waals surface area contributed by atoms with Gasteiger partial charge in [-0.2, -0.15) is 0 Å². The maximum absolute atomic E-state index is 12.4. The molecule has 0 saturated heterocycles. The second kappa shape index (κ2) is 5.50. The van der Waals surface area contributed by atoms with Gasteiger partial charge in [0.15, 0.2) is 9.84 Å². The summed E-state index contributed by atoms with van der Waals surface area (Å²) in [4.78, 5) is 14.9. The zero-order chi connectivity index (χ0) is 15.7. The molecule has 7 nitrogen and oxygen atoms in total. The van der Waals surface area contributed by atoms with Gasteiger partial charge >= 0.3 is 0 Å². The number of anilines is 1. The first-order chi connectivity index (χ1) is 10.5. The third kappa shape index (κ3) is 2.85. The summed E-state index contributed by atoms with van der Waals surface area (Å²) in [7, 11) is -3.74. The Hall–Kier alpha value is -2.26. The number of H-pyrrole nitrogens is 1. The number of hydrogen-bond donors (Lipinski definition) is 2. The van der Waals surface area contributed by atoms with Crippen LogP contribution in [0.25, 0.3) is 10.9 Å². The van der Waals surface area contributed by atoms with E-state index in [1.807, 2.05) is 0 Å². The molecule has 0 radical (unpaired) electrons. The van der Waals surface area contributed by atoms with E-state index in [0.717, 1.165) is 0 Å². The molecule has 114 valence electrons. The van der Waals surface area contributed by atoms with Gasteiger partial charge in [-0.1, -0.05) is 29.5 Å². The highest BCUT2D eigenvalue weighted by molar-refractivity contribution is 7.92. The monoisotopic (exact) mass is 336 g/mol. The molecule has 0 unspecified atom stereocenters. The van der Waals surface area contributed by atoms with Gasteiger partial charge in [0.2, 0.25) is 11.0 Å². The number of aromatic amines is 1. The normalized spacial score (nSPS) is 11.7. The first kappa shape index (κ1) is 14.7. The number of hydrogen-bond acceptors (Lipinski definition) is 6. The molecule has 0 saturated carbocycles. The van der Waals surface area contributed by atoms with Crippen molar-refractivity contribution in [1.29, 1.82) is 0 Å². The molecule has 0 aliphatic rings. The maximum atomic E-state index is 12.4. The average Bonchev–Trinajstić information content (AvgIpc) is 3.04. The molecule has 9 heteroatoms. The van der Waals surface area contributed by atoms with Gasteiger partial charge in [-0.25, -0.2) is 8.42 Å². The number of amides is 1. The van der Waals surface area contributed by atoms with Gasteiger partial charge in [0, 0.05) is 17.1 Å². The number of para-hydroxylation sites is 1. The van der Waals surface area contributed by atoms with E-state index in [1.54, 1.807) is 31.2 Å². The summed E-state index contributed by atoms with van der Waals surface area (Å²) < 4.78 is 24.8. The molecule has 22 heavy (non-hydrogen) atoms. The minimum Gasteiger partial charge on any atom is -0.360 e. The molecule has 0 bridgehead atoms. The molecule has 0 fully saturated rings. The van der Waals surface area contributed by atoms with Gasteiger partial charge in [0.05, 0.1) is 4.90 Å². The molecule has 2 heterocycles. The van der Waals surface area contributed by atoms with Crippen LogP contribution >= 0.6 is 11.3 Å². The molecule has 2 aromatic heterocycles. The average molecular weight is 336 g/mol. The van der Waals surface area contributed by atoms with E-state index in [0.29, 0.717) is 15.9 Å². The number of aryl methyl sites for hydroxylation is 1. The lowest BCUT2D eigenvalue weighted by Gasteiger charge is -2.03. The Labute approximate surface area is 130 Å². The van der Waals surface area contributed by atoms with Gasteiger partial charge in [-0.05, 0) is 13.0 Å². The van der Waals surface area contributed by atoms with Crippen molar-refractivity contribution in [1.82, 2.24) is 15.2 Å². The van der Waals surface area contributed by atoms with E-state index in [9.17, 15) is 13.2 Å². The number of sulfone groups is 1. The van der Waals surface area contributed by atoms with E-state index < -0.39 is 21.5 Å². The lowest BCUT2D eigenvalue weighted by atomic mass is 10.2. The third-order valence-electron chi connectivity index (χ3n) is 2.98. The number of carbonyl (C=O) groups excluding carboxylic acids is 1. The predicted octanol–water partition coefficient (Wildman–Crippen LogP) is 1.74. The van der Waals surface area contributed by atoms with Crippen LogP contribution in [0.5, 0.6) is 0 Å². The lowest BCUT2D eigenvalue weighted by molar-refractivity contribution is -0.113. The summed E-state index contributed by atoms with van der Waals surface area (Å²) in [6, 6.07) is 7.03. The number of fused-ring (bicyclic) bond motifs is 1. The standard InChI is InChI=1S/C13H12N4O3S2/c1-8-16-17-13(21-8)15-12(18)7-22(19,20)11-6-14-10-5-3-2-4-9(10)11/h2-6,14H,7H2,1H3,(H,15,17,18). The molecule has 1 amide bonds. The second-order valence-electron chi connectivity index (χ2n) is 4.63. The Morgan fingerprint density at radius 1 is 1.32 bits per heavy atom. The quantitative estimate of drug-likeness (QED) is 0.755. The SMILES string of the molecule is Cc1nnc(NC(=O)CS(=O)(=O)c2c[nH]c3ccccc23)s1. The van der Waals surface area contributed by atoms with E-state index >= 15 is 0 Å². The van der Waals surface area contributed by atoms with Crippen molar-refractivity contribution >= 4 is 43.1 Å². The number of nitrogens with zero attached hydrogens (tertiary/aromatic N) is 2. The summed E-state index contributed by atoms with van der Waals surface area (Å²) in [5.41, 5.74) is 0.709. The fraction of sp³-hybridized carbons (Fsp3) is 0.154. The van der Waals surface area contributed by atoms with E-state index in [2.05, 4.69) is 20.5 Å². The van der Waals surface area contributed by atoms with E-state index in [4.69, 9.17) is 0 Å². The van der Waals surface area contributed by atoms with Crippen LogP contribution in [-0.2, 0) is 14.6 Å². The first-order valence-electron chi connectivity index (χ1n) is 6.34. The van der Waals surface area contributed by atoms with Crippen LogP contribution in [0.3, 0.4) is 0 Å². The van der Waals surface area contributed by atoms with Crippen molar-refractivity contribution in [2.24, 2.45) is 0 Å². The van der Waals surface area contributed by atoms with Crippen LogP contribution in [0.4, 0.5) is 5.13 Å². The molecular formula is C13H12N4O3S2. The van der Waals surface area contributed by atoms with Gasteiger partial charge in [-0.15, -0.1) is 10.2 Å². The third-order valence-corrected chi connectivity index (χ3v) is 5.38. The van der Waals surface area contributed by atoms with Gasteiger partial charge in [-0.3, -0.25) is 10.1 Å². The molecular weight excluding hydrogens is 324 g/mol. The fourth-order valence-electron chi connectivity index (χ4n) is 2.05. The van der Waals surface area contributed by atoms with Crippen molar-refractivity contribution in [2.45, 2.75) is 11.8 Å². The second-order valence-corrected chi connectivity index (χ2v) is 7.77. The molecule has 3 rings (SSSR count). The van der Waals surface area contributed by atoms with Crippen LogP contribution in [0.1, 0.15) is 5.01 Å². The molecule has 0 aliphatic carbocycles. The Balaban J connectivity index is 1.82. The largest absolute Gasteiger partial charge is 0.360 e. The zero-order valence-electron chi connectivity index (χ0n) is 11.5. The van der Waals surface area contributed by atoms with Crippen molar-refractivity contribution in [3.8, 4) is 0 Å². The number of nitrogens with one attached hydrogen (secondary N) is 2. The van der Waals surface area contributed by atoms with Crippen LogP contribution in [-0.4, -0.2) is 35.3 Å². The van der Waals surface area contributed by atoms with E-state index in [1.165, 1.54) is 17.5 Å². The summed E-state index contributed by atoms with van der Waals surface area (Å²) in [5.74, 6) is -1.28. The Kier molecular flexibility index (Phi) is 3.67. The van der Waals surface area contributed by atoms with Crippen molar-refractivity contribution in [3.05, 3.63) is 35.5 Å². The molecule has 0 spiro atoms. The lowest BCUT2D eigenvalue weighted by Crippen LogP contribution is -2.22. The minimum absolute atomic E-state index is 0.117. The highest BCUT2D eigenvalue weighted by Crippen LogP contribution is 2.23. The number of aromatic nitrogens is 3. The van der Waals surface area contributed by atoms with Gasteiger partial charge in [0.1, 0.15) is 10.8 Å². The van der Waals surface area contributed by atoms with Gasteiger partial charge < -0.3 is 4.98 Å². The predicted molar refractivity (Wildman–Crippen MR) is 83.6 cm³/mol. The van der Waals surface area contributed by atoms with Crippen LogP contribution in [0.2, 0.25) is 0 Å². The molecule has 2 N–H and O–H groups in total. The van der Waals surface area contributed by atoms with Crippen LogP contribution in [0.15, 0.2) is 35.4 Å². The summed E-state index contributed by atoms with van der Waals surface area (Å²) in [6.07, 6.45) is 1.41. The maximum Gasteiger partial charge on any atom is 0.241 e. The summed E-state index contributed by atoms with van der Waals surface area (Å²) >= 11 is 1.19. The highest BCUT2D eigenvalue weighted by Gasteiger charge is 2.23. The van der Waals surface area contributed by atoms with Crippen molar-refractivity contribution in [2.75, 3.05) is 11.1 Å². The van der Waals surface area contributed by atoms with Crippen LogP contribution < -0.4 is 5.32 Å². The van der Waals surface area contributed by atoms with Crippen molar-refractivity contribution < 1.29 is 13.2 Å². The van der Waals surface area contributed by atoms with Crippen molar-refractivity contribution in [3.63, 3.8) is 0 Å². The summed E-state index contributed by atoms with van der Waals surface area (Å²) in [6.45, 7) is 1.75. The number of rotatable bonds is 4. The fourth-order valence-corrected chi connectivity index (χ4v) is 3.99. The smallest absolute Gasteiger partial charge is 0.241 e. The molecule has 0 aliphatic heterocycles. The summed E-state index contributed by atoms with van der Waals surface area (Å²) in [5, 5.41) is 11.5. The molecule has 3 aromatic rings. The molecule has 0 atom stereocenters. The zero-order valence-corrected chi connectivity index (χ0v) is 13.2. The van der Waals surface area contributed by atoms with Gasteiger partial charge in [0.25, 0.3) is 0 Å². The van der Waals surface area contributed by atoms with Crippen LogP contribution in [0, 0.1) is 6.92 Å². The Morgan fingerprint density at radius 2 is 2.09 bits per heavy atom. The molecule has 1 aromatic carbocycles. The Bertz CT molecular complexity index is 943.